The van der Waals surface area contributed by atoms with Crippen molar-refractivity contribution in [3.05, 3.63) is 18.3 Å². The van der Waals surface area contributed by atoms with E-state index in [-0.39, 0.29) is 0 Å². The van der Waals surface area contributed by atoms with Crippen molar-refractivity contribution in [2.24, 2.45) is 0 Å². The molecular weight excluding hydrogens is 250 g/mol. The molecule has 0 bridgehead atoms. The van der Waals surface area contributed by atoms with Crippen LogP contribution in [0, 0.1) is 0 Å². The fourth-order valence-electron chi connectivity index (χ4n) is 1.24. The highest BCUT2D eigenvalue weighted by atomic mass is 16.5. The minimum atomic E-state index is -1.07. The second kappa shape index (κ2) is 6.58. The number of nitrogens with zero attached hydrogens (tertiary/aromatic N) is 2. The van der Waals surface area contributed by atoms with Crippen LogP contribution < -0.4 is 10.1 Å². The Labute approximate surface area is 111 Å². The topological polar surface area (TPSA) is 91.8 Å². The van der Waals surface area contributed by atoms with Gasteiger partial charge in [-0.3, -0.25) is 0 Å². The van der Waals surface area contributed by atoms with Gasteiger partial charge in [0.2, 0.25) is 5.88 Å². The smallest absolute Gasteiger partial charge is 0.326 e. The average Bonchev–Trinajstić information content (AvgIpc) is 2.39. The van der Waals surface area contributed by atoms with E-state index < -0.39 is 18.0 Å². The first-order chi connectivity index (χ1) is 8.95. The number of rotatable bonds is 5. The molecule has 2 amide bonds. The lowest BCUT2D eigenvalue weighted by Crippen LogP contribution is -2.42. The second-order valence-corrected chi connectivity index (χ2v) is 3.87. The van der Waals surface area contributed by atoms with E-state index in [0.29, 0.717) is 18.2 Å². The molecule has 1 atom stereocenters. The molecule has 104 valence electrons. The Morgan fingerprint density at radius 1 is 1.53 bits per heavy atom. The van der Waals surface area contributed by atoms with Crippen LogP contribution in [-0.4, -0.2) is 46.7 Å². The maximum Gasteiger partial charge on any atom is 0.326 e. The number of amides is 2. The Morgan fingerprint density at radius 2 is 2.21 bits per heavy atom. The van der Waals surface area contributed by atoms with Crippen LogP contribution >= 0.6 is 0 Å². The quantitative estimate of drug-likeness (QED) is 0.841. The molecule has 0 aliphatic carbocycles. The van der Waals surface area contributed by atoms with E-state index in [1.165, 1.54) is 20.2 Å². The van der Waals surface area contributed by atoms with Gasteiger partial charge in [0.05, 0.1) is 18.5 Å². The van der Waals surface area contributed by atoms with E-state index in [0.717, 1.165) is 4.90 Å². The molecular formula is C12H17N3O4. The van der Waals surface area contributed by atoms with Crippen LogP contribution in [0.15, 0.2) is 18.3 Å². The van der Waals surface area contributed by atoms with Crippen LogP contribution in [0.4, 0.5) is 10.5 Å². The molecule has 7 heteroatoms. The molecule has 0 radical (unpaired) electrons. The van der Waals surface area contributed by atoms with E-state index in [4.69, 9.17) is 9.84 Å². The van der Waals surface area contributed by atoms with E-state index in [1.54, 1.807) is 12.1 Å². The van der Waals surface area contributed by atoms with Crippen molar-refractivity contribution in [1.82, 2.24) is 9.88 Å². The molecule has 0 aliphatic heterocycles. The number of carboxylic acid groups (broad SMARTS) is 1. The monoisotopic (exact) mass is 267 g/mol. The van der Waals surface area contributed by atoms with E-state index >= 15 is 0 Å². The summed E-state index contributed by atoms with van der Waals surface area (Å²) in [5.41, 5.74) is 0.470. The lowest BCUT2D eigenvalue weighted by atomic mass is 10.3. The van der Waals surface area contributed by atoms with Crippen molar-refractivity contribution in [2.45, 2.75) is 19.9 Å². The van der Waals surface area contributed by atoms with Crippen LogP contribution in [0.5, 0.6) is 5.88 Å². The number of anilines is 1. The highest BCUT2D eigenvalue weighted by Crippen LogP contribution is 2.12. The first-order valence-electron chi connectivity index (χ1n) is 5.81. The van der Waals surface area contributed by atoms with Crippen molar-refractivity contribution in [3.8, 4) is 5.88 Å². The SMILES string of the molecule is CCOc1ccc(NC(=O)N(C)C(C)C(=O)O)cn1. The molecule has 0 fully saturated rings. The number of hydrogen-bond donors (Lipinski definition) is 2. The largest absolute Gasteiger partial charge is 0.480 e. The molecule has 7 nitrogen and oxygen atoms in total. The number of carbonyl (C=O) groups is 2. The highest BCUT2D eigenvalue weighted by Gasteiger charge is 2.21. The van der Waals surface area contributed by atoms with Crippen LogP contribution in [0.1, 0.15) is 13.8 Å². The Kier molecular flexibility index (Phi) is 5.11. The zero-order chi connectivity index (χ0) is 14.4. The van der Waals surface area contributed by atoms with Gasteiger partial charge in [-0.15, -0.1) is 0 Å². The zero-order valence-corrected chi connectivity index (χ0v) is 11.1. The van der Waals surface area contributed by atoms with Crippen molar-refractivity contribution in [2.75, 3.05) is 19.0 Å². The van der Waals surface area contributed by atoms with Crippen LogP contribution in [0.2, 0.25) is 0 Å². The maximum atomic E-state index is 11.8. The van der Waals surface area contributed by atoms with E-state index in [2.05, 4.69) is 10.3 Å². The lowest BCUT2D eigenvalue weighted by molar-refractivity contribution is -0.141. The number of carboxylic acids is 1. The summed E-state index contributed by atoms with van der Waals surface area (Å²) in [7, 11) is 1.41. The third-order valence-electron chi connectivity index (χ3n) is 2.54. The van der Waals surface area contributed by atoms with Gasteiger partial charge in [0.25, 0.3) is 0 Å². The predicted octanol–water partition coefficient (Wildman–Crippen LogP) is 1.42. The van der Waals surface area contributed by atoms with Crippen LogP contribution in [-0.2, 0) is 4.79 Å². The lowest BCUT2D eigenvalue weighted by Gasteiger charge is -2.21. The molecule has 0 aromatic carbocycles. The van der Waals surface area contributed by atoms with Gasteiger partial charge in [0, 0.05) is 13.1 Å². The predicted molar refractivity (Wildman–Crippen MR) is 69.3 cm³/mol. The van der Waals surface area contributed by atoms with Gasteiger partial charge in [-0.1, -0.05) is 0 Å². The summed E-state index contributed by atoms with van der Waals surface area (Å²) in [6.07, 6.45) is 1.45. The number of ether oxygens (including phenoxy) is 1. The third-order valence-corrected chi connectivity index (χ3v) is 2.54. The number of urea groups is 1. The number of carbonyl (C=O) groups excluding carboxylic acids is 1. The fourth-order valence-corrected chi connectivity index (χ4v) is 1.24. The molecule has 1 rings (SSSR count). The summed E-state index contributed by atoms with van der Waals surface area (Å²) in [6.45, 7) is 3.79. The molecule has 0 aliphatic rings. The maximum absolute atomic E-state index is 11.8. The highest BCUT2D eigenvalue weighted by molar-refractivity contribution is 5.91. The number of hydrogen-bond acceptors (Lipinski definition) is 4. The Balaban J connectivity index is 2.63. The van der Waals surface area contributed by atoms with Crippen LogP contribution in [0.25, 0.3) is 0 Å². The standard InChI is InChI=1S/C12H17N3O4/c1-4-19-10-6-5-9(7-13-10)14-12(18)15(3)8(2)11(16)17/h5-8H,4H2,1-3H3,(H,14,18)(H,16,17). The van der Waals surface area contributed by atoms with Crippen molar-refractivity contribution in [1.29, 1.82) is 0 Å². The van der Waals surface area contributed by atoms with Gasteiger partial charge >= 0.3 is 12.0 Å². The van der Waals surface area contributed by atoms with Gasteiger partial charge in [0.15, 0.2) is 0 Å². The first-order valence-corrected chi connectivity index (χ1v) is 5.81. The molecule has 0 spiro atoms. The van der Waals surface area contributed by atoms with Crippen molar-refractivity contribution >= 4 is 17.7 Å². The minimum Gasteiger partial charge on any atom is -0.480 e. The molecule has 1 aromatic heterocycles. The number of likely N-dealkylation sites (N-methyl/N-ethyl adjacent to an activating group) is 1. The van der Waals surface area contributed by atoms with Gasteiger partial charge in [-0.2, -0.15) is 0 Å². The summed E-state index contributed by atoms with van der Waals surface area (Å²) in [5, 5.41) is 11.4. The molecule has 1 unspecified atom stereocenters. The van der Waals surface area contributed by atoms with Crippen molar-refractivity contribution < 1.29 is 19.4 Å². The normalized spacial score (nSPS) is 11.5. The molecule has 1 heterocycles. The van der Waals surface area contributed by atoms with Crippen molar-refractivity contribution in [3.63, 3.8) is 0 Å². The molecule has 19 heavy (non-hydrogen) atoms. The van der Waals surface area contributed by atoms with E-state index in [1.807, 2.05) is 6.92 Å². The Hall–Kier alpha value is -2.31. The number of pyridine rings is 1. The van der Waals surface area contributed by atoms with Crippen LogP contribution in [0.3, 0.4) is 0 Å². The summed E-state index contributed by atoms with van der Waals surface area (Å²) in [6, 6.07) is 1.84. The molecule has 1 aromatic rings. The van der Waals surface area contributed by atoms with Gasteiger partial charge in [-0.05, 0) is 19.9 Å². The summed E-state index contributed by atoms with van der Waals surface area (Å²) < 4.78 is 5.17. The fraction of sp³-hybridized carbons (Fsp3) is 0.417. The summed E-state index contributed by atoms with van der Waals surface area (Å²) in [4.78, 5) is 27.6. The van der Waals surface area contributed by atoms with Gasteiger partial charge in [-0.25, -0.2) is 14.6 Å². The Morgan fingerprint density at radius 3 is 2.68 bits per heavy atom. The number of aromatic nitrogens is 1. The van der Waals surface area contributed by atoms with Gasteiger partial charge in [0.1, 0.15) is 6.04 Å². The zero-order valence-electron chi connectivity index (χ0n) is 11.1. The number of aliphatic carboxylic acids is 1. The second-order valence-electron chi connectivity index (χ2n) is 3.87. The molecule has 0 saturated carbocycles. The average molecular weight is 267 g/mol. The van der Waals surface area contributed by atoms with Gasteiger partial charge < -0.3 is 20.1 Å². The summed E-state index contributed by atoms with van der Waals surface area (Å²) in [5.74, 6) is -0.602. The third kappa shape index (κ3) is 4.13. The molecule has 2 N–H and O–H groups in total. The minimum absolute atomic E-state index is 0.466. The Bertz CT molecular complexity index is 447. The van der Waals surface area contributed by atoms with E-state index in [9.17, 15) is 9.59 Å². The first kappa shape index (κ1) is 14.7. The summed E-state index contributed by atoms with van der Waals surface area (Å²) >= 11 is 0. The number of nitrogens with one attached hydrogen (secondary N) is 1. The molecule has 0 saturated heterocycles.